The quantitative estimate of drug-likeness (QED) is 0.625. The molecule has 0 aliphatic carbocycles. The van der Waals surface area contributed by atoms with Crippen LogP contribution in [0.25, 0.3) is 0 Å². The average molecular weight is 392 g/mol. The van der Waals surface area contributed by atoms with Gasteiger partial charge in [-0.2, -0.15) is 4.31 Å². The Bertz CT molecular complexity index is 693. The van der Waals surface area contributed by atoms with Crippen molar-refractivity contribution in [2.75, 3.05) is 20.1 Å². The zero-order valence-corrected chi connectivity index (χ0v) is 14.8. The summed E-state index contributed by atoms with van der Waals surface area (Å²) in [7, 11) is -1.94. The zero-order valence-electron chi connectivity index (χ0n) is 12.4. The second-order valence-electron chi connectivity index (χ2n) is 5.30. The lowest BCUT2D eigenvalue weighted by Crippen LogP contribution is -2.46. The fourth-order valence-electron chi connectivity index (χ4n) is 2.52. The van der Waals surface area contributed by atoms with Crippen molar-refractivity contribution in [2.24, 2.45) is 0 Å². The number of likely N-dealkylation sites (N-methyl/N-ethyl adjacent to an activating group) is 1. The van der Waals surface area contributed by atoms with Crippen molar-refractivity contribution in [3.05, 3.63) is 32.3 Å². The number of halogens is 1. The van der Waals surface area contributed by atoms with Gasteiger partial charge in [0.1, 0.15) is 0 Å². The predicted octanol–water partition coefficient (Wildman–Crippen LogP) is 2.04. The van der Waals surface area contributed by atoms with E-state index in [1.54, 1.807) is 14.0 Å². The number of benzene rings is 1. The average Bonchev–Trinajstić information content (AvgIpc) is 2.49. The summed E-state index contributed by atoms with van der Waals surface area (Å²) in [6, 6.07) is 2.67. The lowest BCUT2D eigenvalue weighted by molar-refractivity contribution is -0.385. The summed E-state index contributed by atoms with van der Waals surface area (Å²) in [5.74, 6) is 0. The Balaban J connectivity index is 2.43. The molecule has 1 aromatic carbocycles. The lowest BCUT2D eigenvalue weighted by atomic mass is 10.1. The maximum absolute atomic E-state index is 12.7. The number of rotatable bonds is 4. The Morgan fingerprint density at radius 2 is 2.14 bits per heavy atom. The summed E-state index contributed by atoms with van der Waals surface area (Å²) < 4.78 is 27.3. The third kappa shape index (κ3) is 3.32. The first-order valence-corrected chi connectivity index (χ1v) is 9.12. The molecule has 0 saturated carbocycles. The van der Waals surface area contributed by atoms with Crippen molar-refractivity contribution in [3.63, 3.8) is 0 Å². The van der Waals surface area contributed by atoms with Crippen LogP contribution in [0.2, 0.25) is 0 Å². The molecule has 1 fully saturated rings. The maximum Gasteiger partial charge on any atom is 0.274 e. The molecule has 22 heavy (non-hydrogen) atoms. The van der Waals surface area contributed by atoms with Crippen molar-refractivity contribution >= 4 is 31.6 Å². The van der Waals surface area contributed by atoms with E-state index in [0.29, 0.717) is 23.1 Å². The minimum absolute atomic E-state index is 0.0478. The van der Waals surface area contributed by atoms with E-state index in [-0.39, 0.29) is 16.6 Å². The summed E-state index contributed by atoms with van der Waals surface area (Å²) in [6.07, 6.45) is 1.68. The Hall–Kier alpha value is -1.03. The number of sulfonamides is 1. The summed E-state index contributed by atoms with van der Waals surface area (Å²) in [4.78, 5) is 10.5. The molecule has 1 aliphatic heterocycles. The second-order valence-corrected chi connectivity index (χ2v) is 8.09. The van der Waals surface area contributed by atoms with Crippen LogP contribution < -0.4 is 5.32 Å². The molecule has 1 unspecified atom stereocenters. The number of hydrogen-bond donors (Lipinski definition) is 1. The van der Waals surface area contributed by atoms with Gasteiger partial charge in [-0.3, -0.25) is 10.1 Å². The van der Waals surface area contributed by atoms with Gasteiger partial charge in [0.05, 0.1) is 9.82 Å². The summed E-state index contributed by atoms with van der Waals surface area (Å²) in [5, 5.41) is 14.2. The first-order valence-electron chi connectivity index (χ1n) is 6.89. The van der Waals surface area contributed by atoms with Gasteiger partial charge in [0.2, 0.25) is 10.0 Å². The van der Waals surface area contributed by atoms with Crippen LogP contribution in [0.15, 0.2) is 21.5 Å². The van der Waals surface area contributed by atoms with Gasteiger partial charge in [-0.05, 0) is 32.9 Å². The standard InChI is InChI=1S/C13H18BrN3O4S/c1-9-12(14)6-11(7-13(9)17(18)19)22(20,21)16-5-3-4-10(8-16)15-2/h6-7,10,15H,3-5,8H2,1-2H3. The number of nitro groups is 1. The van der Waals surface area contributed by atoms with Crippen LogP contribution in [0.5, 0.6) is 0 Å². The molecule has 0 aromatic heterocycles. The van der Waals surface area contributed by atoms with E-state index in [0.717, 1.165) is 18.9 Å². The largest absolute Gasteiger partial charge is 0.316 e. The van der Waals surface area contributed by atoms with Gasteiger partial charge in [0.25, 0.3) is 5.69 Å². The molecule has 0 bridgehead atoms. The van der Waals surface area contributed by atoms with Crippen molar-refractivity contribution < 1.29 is 13.3 Å². The van der Waals surface area contributed by atoms with Crippen molar-refractivity contribution in [2.45, 2.75) is 30.7 Å². The van der Waals surface area contributed by atoms with Gasteiger partial charge in [-0.25, -0.2) is 8.42 Å². The fraction of sp³-hybridized carbons (Fsp3) is 0.538. The summed E-state index contributed by atoms with van der Waals surface area (Å²) in [6.45, 7) is 2.38. The minimum atomic E-state index is -3.74. The molecule has 1 heterocycles. The molecule has 122 valence electrons. The fourth-order valence-corrected chi connectivity index (χ4v) is 4.70. The SMILES string of the molecule is CNC1CCCN(S(=O)(=O)c2cc(Br)c(C)c([N+](=O)[O-])c2)C1. The highest BCUT2D eigenvalue weighted by Gasteiger charge is 2.31. The summed E-state index contributed by atoms with van der Waals surface area (Å²) in [5.41, 5.74) is 0.214. The van der Waals surface area contributed by atoms with E-state index >= 15 is 0 Å². The maximum atomic E-state index is 12.7. The molecule has 0 spiro atoms. The number of hydrogen-bond acceptors (Lipinski definition) is 5. The highest BCUT2D eigenvalue weighted by atomic mass is 79.9. The normalized spacial score (nSPS) is 20.0. The molecule has 2 rings (SSSR count). The molecular formula is C13H18BrN3O4S. The molecular weight excluding hydrogens is 374 g/mol. The van der Waals surface area contributed by atoms with Gasteiger partial charge in [-0.15, -0.1) is 0 Å². The number of nitrogens with one attached hydrogen (secondary N) is 1. The highest BCUT2D eigenvalue weighted by molar-refractivity contribution is 9.10. The lowest BCUT2D eigenvalue weighted by Gasteiger charge is -2.31. The first-order chi connectivity index (χ1) is 10.3. The molecule has 1 atom stereocenters. The Morgan fingerprint density at radius 3 is 2.73 bits per heavy atom. The van der Waals surface area contributed by atoms with E-state index in [1.165, 1.54) is 10.4 Å². The number of nitrogens with zero attached hydrogens (tertiary/aromatic N) is 2. The van der Waals surface area contributed by atoms with Gasteiger partial charge >= 0.3 is 0 Å². The third-order valence-corrected chi connectivity index (χ3v) is 6.58. The minimum Gasteiger partial charge on any atom is -0.316 e. The van der Waals surface area contributed by atoms with Gasteiger partial charge in [0.15, 0.2) is 0 Å². The number of nitro benzene ring substituents is 1. The number of piperidine rings is 1. The monoisotopic (exact) mass is 391 g/mol. The molecule has 9 heteroatoms. The molecule has 1 N–H and O–H groups in total. The van der Waals surface area contributed by atoms with E-state index < -0.39 is 14.9 Å². The van der Waals surface area contributed by atoms with Gasteiger partial charge in [-0.1, -0.05) is 15.9 Å². The molecule has 1 aliphatic rings. The molecule has 1 aromatic rings. The van der Waals surface area contributed by atoms with Crippen molar-refractivity contribution in [1.29, 1.82) is 0 Å². The zero-order chi connectivity index (χ0) is 16.5. The Labute approximate surface area is 138 Å². The summed E-state index contributed by atoms with van der Waals surface area (Å²) >= 11 is 3.21. The molecule has 1 saturated heterocycles. The van der Waals surface area contributed by atoms with Gasteiger partial charge < -0.3 is 5.32 Å². The Morgan fingerprint density at radius 1 is 1.45 bits per heavy atom. The van der Waals surface area contributed by atoms with E-state index in [4.69, 9.17) is 0 Å². The second kappa shape index (κ2) is 6.61. The smallest absolute Gasteiger partial charge is 0.274 e. The molecule has 0 amide bonds. The van der Waals surface area contributed by atoms with Crippen LogP contribution in [0.4, 0.5) is 5.69 Å². The molecule has 0 radical (unpaired) electrons. The van der Waals surface area contributed by atoms with Gasteiger partial charge in [0, 0.05) is 35.2 Å². The Kier molecular flexibility index (Phi) is 5.21. The predicted molar refractivity (Wildman–Crippen MR) is 86.4 cm³/mol. The van der Waals surface area contributed by atoms with Crippen LogP contribution in [0.1, 0.15) is 18.4 Å². The first kappa shape index (κ1) is 17.3. The van der Waals surface area contributed by atoms with E-state index in [1.807, 2.05) is 0 Å². The van der Waals surface area contributed by atoms with E-state index in [2.05, 4.69) is 21.2 Å². The molecule has 7 nitrogen and oxygen atoms in total. The van der Waals surface area contributed by atoms with Crippen LogP contribution in [-0.2, 0) is 10.0 Å². The van der Waals surface area contributed by atoms with Crippen molar-refractivity contribution in [1.82, 2.24) is 9.62 Å². The van der Waals surface area contributed by atoms with Crippen LogP contribution in [0.3, 0.4) is 0 Å². The third-order valence-electron chi connectivity index (χ3n) is 3.92. The van der Waals surface area contributed by atoms with Crippen LogP contribution in [-0.4, -0.2) is 43.8 Å². The van der Waals surface area contributed by atoms with Crippen LogP contribution in [0, 0.1) is 17.0 Å². The van der Waals surface area contributed by atoms with E-state index in [9.17, 15) is 18.5 Å². The van der Waals surface area contributed by atoms with Crippen molar-refractivity contribution in [3.8, 4) is 0 Å². The topological polar surface area (TPSA) is 92.6 Å². The highest BCUT2D eigenvalue weighted by Crippen LogP contribution is 2.31. The van der Waals surface area contributed by atoms with Crippen LogP contribution >= 0.6 is 15.9 Å².